The van der Waals surface area contributed by atoms with E-state index in [0.717, 1.165) is 5.56 Å². The summed E-state index contributed by atoms with van der Waals surface area (Å²) in [6.45, 7) is 0.677. The number of nitro benzene ring substituents is 1. The molecule has 0 spiro atoms. The minimum absolute atomic E-state index is 0.0786. The number of nitrogens with one attached hydrogen (secondary N) is 1. The molecule has 0 aromatic heterocycles. The molecule has 0 aliphatic heterocycles. The van der Waals surface area contributed by atoms with E-state index < -0.39 is 4.92 Å². The number of benzene rings is 2. The first-order valence-corrected chi connectivity index (χ1v) is 6.54. The van der Waals surface area contributed by atoms with Crippen molar-refractivity contribution < 1.29 is 9.66 Å². The molecule has 2 aromatic rings. The van der Waals surface area contributed by atoms with Crippen LogP contribution in [0.4, 0.5) is 11.4 Å². The van der Waals surface area contributed by atoms with Gasteiger partial charge in [-0.2, -0.15) is 0 Å². The van der Waals surface area contributed by atoms with Crippen LogP contribution in [0.5, 0.6) is 0 Å². The Hall–Kier alpha value is -2.15. The average molecular weight is 308 g/mol. The summed E-state index contributed by atoms with van der Waals surface area (Å²) in [7, 11) is 0. The van der Waals surface area contributed by atoms with Gasteiger partial charge < -0.3 is 10.2 Å². The Morgan fingerprint density at radius 2 is 1.76 bits per heavy atom. The minimum atomic E-state index is -0.488. The van der Waals surface area contributed by atoms with E-state index in [0.29, 0.717) is 17.2 Å². The number of hydrogen-bond donors (Lipinski definition) is 2. The summed E-state index contributed by atoms with van der Waals surface area (Å²) in [4.78, 5) is 10.4. The SMILES string of the molecule is NNc1ccc(COCc2ccc(Cl)cc2)cc1[N+](=O)[O-]. The third-order valence-electron chi connectivity index (χ3n) is 2.87. The van der Waals surface area contributed by atoms with Gasteiger partial charge in [-0.3, -0.25) is 16.0 Å². The maximum atomic E-state index is 10.9. The standard InChI is InChI=1S/C14H14ClN3O3/c15-12-4-1-10(2-5-12)8-21-9-11-3-6-13(17-16)14(7-11)18(19)20/h1-7,17H,8-9,16H2. The smallest absolute Gasteiger partial charge is 0.294 e. The number of nitrogen functional groups attached to an aromatic ring is 1. The lowest BCUT2D eigenvalue weighted by molar-refractivity contribution is -0.384. The van der Waals surface area contributed by atoms with E-state index in [-0.39, 0.29) is 18.0 Å². The van der Waals surface area contributed by atoms with Crippen LogP contribution in [0.2, 0.25) is 5.02 Å². The quantitative estimate of drug-likeness (QED) is 0.485. The summed E-state index contributed by atoms with van der Waals surface area (Å²) in [5.41, 5.74) is 4.17. The molecule has 0 amide bonds. The van der Waals surface area contributed by atoms with E-state index in [1.165, 1.54) is 6.07 Å². The second-order valence-corrected chi connectivity index (χ2v) is 4.81. The normalized spacial score (nSPS) is 10.4. The number of hydrazine groups is 1. The van der Waals surface area contributed by atoms with Crippen molar-refractivity contribution >= 4 is 23.0 Å². The largest absolute Gasteiger partial charge is 0.372 e. The molecule has 0 radical (unpaired) electrons. The Bertz CT molecular complexity index is 632. The number of ether oxygens (including phenoxy) is 1. The van der Waals surface area contributed by atoms with E-state index in [2.05, 4.69) is 5.43 Å². The van der Waals surface area contributed by atoms with E-state index in [4.69, 9.17) is 22.2 Å². The molecule has 0 unspecified atom stereocenters. The molecule has 0 aliphatic rings. The Kier molecular flexibility index (Phi) is 5.10. The predicted octanol–water partition coefficient (Wildman–Crippen LogP) is 3.25. The van der Waals surface area contributed by atoms with E-state index in [1.54, 1.807) is 24.3 Å². The van der Waals surface area contributed by atoms with Gasteiger partial charge in [-0.15, -0.1) is 0 Å². The highest BCUT2D eigenvalue weighted by Crippen LogP contribution is 2.25. The second-order valence-electron chi connectivity index (χ2n) is 4.37. The van der Waals surface area contributed by atoms with Crippen molar-refractivity contribution in [1.29, 1.82) is 0 Å². The number of anilines is 1. The molecule has 2 aromatic carbocycles. The molecule has 0 fully saturated rings. The molecule has 0 heterocycles. The van der Waals surface area contributed by atoms with E-state index in [9.17, 15) is 10.1 Å². The van der Waals surface area contributed by atoms with Gasteiger partial charge in [-0.1, -0.05) is 29.8 Å². The van der Waals surface area contributed by atoms with Crippen LogP contribution in [0.1, 0.15) is 11.1 Å². The lowest BCUT2D eigenvalue weighted by Gasteiger charge is -2.07. The van der Waals surface area contributed by atoms with Crippen molar-refractivity contribution in [3.63, 3.8) is 0 Å². The number of halogens is 1. The van der Waals surface area contributed by atoms with Crippen molar-refractivity contribution in [2.75, 3.05) is 5.43 Å². The first-order chi connectivity index (χ1) is 10.1. The minimum Gasteiger partial charge on any atom is -0.372 e. The van der Waals surface area contributed by atoms with Crippen LogP contribution in [0.3, 0.4) is 0 Å². The fourth-order valence-electron chi connectivity index (χ4n) is 1.81. The highest BCUT2D eigenvalue weighted by atomic mass is 35.5. The zero-order valence-electron chi connectivity index (χ0n) is 11.1. The van der Waals surface area contributed by atoms with Crippen LogP contribution in [-0.4, -0.2) is 4.92 Å². The average Bonchev–Trinajstić information content (AvgIpc) is 2.49. The van der Waals surface area contributed by atoms with Crippen LogP contribution in [0, 0.1) is 10.1 Å². The summed E-state index contributed by atoms with van der Waals surface area (Å²) >= 11 is 5.80. The van der Waals surface area contributed by atoms with Crippen molar-refractivity contribution in [2.45, 2.75) is 13.2 Å². The molecule has 0 atom stereocenters. The van der Waals surface area contributed by atoms with Crippen molar-refractivity contribution in [2.24, 2.45) is 5.84 Å². The van der Waals surface area contributed by atoms with Crippen LogP contribution >= 0.6 is 11.6 Å². The highest BCUT2D eigenvalue weighted by molar-refractivity contribution is 6.30. The van der Waals surface area contributed by atoms with Crippen LogP contribution in [0.25, 0.3) is 0 Å². The van der Waals surface area contributed by atoms with E-state index in [1.807, 2.05) is 12.1 Å². The van der Waals surface area contributed by atoms with Crippen molar-refractivity contribution in [3.05, 3.63) is 68.7 Å². The first kappa shape index (κ1) is 15.2. The summed E-state index contributed by atoms with van der Waals surface area (Å²) < 4.78 is 5.54. The number of hydrogen-bond acceptors (Lipinski definition) is 5. The summed E-state index contributed by atoms with van der Waals surface area (Å²) in [6, 6.07) is 12.0. The van der Waals surface area contributed by atoms with Gasteiger partial charge in [0.15, 0.2) is 0 Å². The van der Waals surface area contributed by atoms with Gasteiger partial charge in [0.25, 0.3) is 5.69 Å². The Labute approximate surface area is 126 Å². The molecule has 0 saturated carbocycles. The summed E-state index contributed by atoms with van der Waals surface area (Å²) in [5, 5.41) is 11.6. The zero-order valence-corrected chi connectivity index (χ0v) is 11.8. The molecule has 110 valence electrons. The maximum Gasteiger partial charge on any atom is 0.294 e. The Balaban J connectivity index is 1.98. The van der Waals surface area contributed by atoms with E-state index >= 15 is 0 Å². The van der Waals surface area contributed by atoms with Crippen LogP contribution in [0.15, 0.2) is 42.5 Å². The van der Waals surface area contributed by atoms with Gasteiger partial charge in [-0.25, -0.2) is 0 Å². The number of nitro groups is 1. The Morgan fingerprint density at radius 1 is 1.14 bits per heavy atom. The molecule has 0 aliphatic carbocycles. The topological polar surface area (TPSA) is 90.4 Å². The van der Waals surface area contributed by atoms with Gasteiger partial charge in [0.1, 0.15) is 5.69 Å². The molecule has 6 nitrogen and oxygen atoms in total. The third kappa shape index (κ3) is 4.16. The second kappa shape index (κ2) is 7.03. The van der Waals surface area contributed by atoms with Crippen LogP contribution < -0.4 is 11.3 Å². The number of nitrogens with two attached hydrogens (primary N) is 1. The van der Waals surface area contributed by atoms with Gasteiger partial charge in [0.05, 0.1) is 18.1 Å². The summed E-state index contributed by atoms with van der Waals surface area (Å²) in [6.07, 6.45) is 0. The lowest BCUT2D eigenvalue weighted by Crippen LogP contribution is -2.09. The molecule has 3 N–H and O–H groups in total. The Morgan fingerprint density at radius 3 is 2.38 bits per heavy atom. The number of nitrogens with zero attached hydrogens (tertiary/aromatic N) is 1. The van der Waals surface area contributed by atoms with Gasteiger partial charge in [0, 0.05) is 11.1 Å². The van der Waals surface area contributed by atoms with Crippen LogP contribution in [-0.2, 0) is 18.0 Å². The monoisotopic (exact) mass is 307 g/mol. The molecule has 0 saturated heterocycles. The number of rotatable bonds is 6. The molecule has 7 heteroatoms. The lowest BCUT2D eigenvalue weighted by atomic mass is 10.2. The van der Waals surface area contributed by atoms with Crippen molar-refractivity contribution in [1.82, 2.24) is 0 Å². The fourth-order valence-corrected chi connectivity index (χ4v) is 1.93. The van der Waals surface area contributed by atoms with Gasteiger partial charge in [0.2, 0.25) is 0 Å². The van der Waals surface area contributed by atoms with Crippen molar-refractivity contribution in [3.8, 4) is 0 Å². The zero-order chi connectivity index (χ0) is 15.2. The molecular weight excluding hydrogens is 294 g/mol. The highest BCUT2D eigenvalue weighted by Gasteiger charge is 2.13. The summed E-state index contributed by atoms with van der Waals surface area (Å²) in [5.74, 6) is 5.23. The molecule has 2 rings (SSSR count). The predicted molar refractivity (Wildman–Crippen MR) is 80.9 cm³/mol. The third-order valence-corrected chi connectivity index (χ3v) is 3.12. The maximum absolute atomic E-state index is 10.9. The molecular formula is C14H14ClN3O3. The molecule has 0 bridgehead atoms. The van der Waals surface area contributed by atoms with Gasteiger partial charge in [-0.05, 0) is 29.3 Å². The molecule has 21 heavy (non-hydrogen) atoms. The fraction of sp³-hybridized carbons (Fsp3) is 0.143. The van der Waals surface area contributed by atoms with Gasteiger partial charge >= 0.3 is 0 Å². The first-order valence-electron chi connectivity index (χ1n) is 6.16.